The fourth-order valence-corrected chi connectivity index (χ4v) is 3.45. The van der Waals surface area contributed by atoms with Crippen LogP contribution in [0.1, 0.15) is 61.0 Å². The predicted octanol–water partition coefficient (Wildman–Crippen LogP) is 2.86. The van der Waals surface area contributed by atoms with Gasteiger partial charge in [-0.3, -0.25) is 9.48 Å². The van der Waals surface area contributed by atoms with Gasteiger partial charge in [0, 0.05) is 31.2 Å². The molecular formula is C17H22N4O. The molecule has 5 heteroatoms. The second kappa shape index (κ2) is 5.07. The maximum atomic E-state index is 13.1. The molecule has 0 radical (unpaired) electrons. The Kier molecular flexibility index (Phi) is 3.17. The summed E-state index contributed by atoms with van der Waals surface area (Å²) in [5, 5.41) is 5.19. The Bertz CT molecular complexity index is 732. The van der Waals surface area contributed by atoms with Crippen LogP contribution >= 0.6 is 0 Å². The second-order valence-corrected chi connectivity index (χ2v) is 6.72. The van der Waals surface area contributed by atoms with Crippen molar-refractivity contribution >= 4 is 16.9 Å². The van der Waals surface area contributed by atoms with Gasteiger partial charge < -0.3 is 4.90 Å². The maximum Gasteiger partial charge on any atom is 0.254 e. The molecule has 2 fully saturated rings. The van der Waals surface area contributed by atoms with Crippen molar-refractivity contribution in [2.45, 2.75) is 51.0 Å². The van der Waals surface area contributed by atoms with Crippen LogP contribution in [0.2, 0.25) is 0 Å². The summed E-state index contributed by atoms with van der Waals surface area (Å²) in [6, 6.07) is 2.34. The number of nitrogens with zero attached hydrogens (tertiary/aromatic N) is 4. The molecule has 116 valence electrons. The summed E-state index contributed by atoms with van der Waals surface area (Å²) >= 11 is 0. The molecule has 1 aliphatic heterocycles. The van der Waals surface area contributed by atoms with Gasteiger partial charge in [0.05, 0.1) is 17.1 Å². The summed E-state index contributed by atoms with van der Waals surface area (Å²) in [6.07, 6.45) is 7.57. The van der Waals surface area contributed by atoms with Crippen LogP contribution in [0, 0.1) is 0 Å². The van der Waals surface area contributed by atoms with Crippen molar-refractivity contribution < 1.29 is 4.79 Å². The molecule has 5 nitrogen and oxygen atoms in total. The van der Waals surface area contributed by atoms with Crippen molar-refractivity contribution in [2.75, 3.05) is 6.54 Å². The molecule has 1 atom stereocenters. The van der Waals surface area contributed by atoms with E-state index in [0.717, 1.165) is 41.7 Å². The quantitative estimate of drug-likeness (QED) is 0.856. The molecule has 2 aromatic rings. The normalized spacial score (nSPS) is 22.3. The minimum absolute atomic E-state index is 0.148. The minimum Gasteiger partial charge on any atom is -0.336 e. The van der Waals surface area contributed by atoms with Gasteiger partial charge in [-0.05, 0) is 45.1 Å². The topological polar surface area (TPSA) is 51.0 Å². The van der Waals surface area contributed by atoms with Crippen LogP contribution in [0.4, 0.5) is 0 Å². The van der Waals surface area contributed by atoms with Crippen molar-refractivity contribution in [2.24, 2.45) is 7.05 Å². The molecule has 0 aromatic carbocycles. The summed E-state index contributed by atoms with van der Waals surface area (Å²) in [7, 11) is 1.89. The molecular weight excluding hydrogens is 276 g/mol. The number of aromatic nitrogens is 3. The number of rotatable bonds is 2. The van der Waals surface area contributed by atoms with Crippen LogP contribution in [0.3, 0.4) is 0 Å². The summed E-state index contributed by atoms with van der Waals surface area (Å²) in [6.45, 7) is 3.02. The summed E-state index contributed by atoms with van der Waals surface area (Å²) < 4.78 is 1.78. The number of pyridine rings is 1. The summed E-state index contributed by atoms with van der Waals surface area (Å²) in [5.41, 5.74) is 2.68. The van der Waals surface area contributed by atoms with Gasteiger partial charge in [-0.1, -0.05) is 0 Å². The van der Waals surface area contributed by atoms with Crippen molar-refractivity contribution in [3.8, 4) is 0 Å². The molecule has 1 aliphatic carbocycles. The molecule has 0 spiro atoms. The van der Waals surface area contributed by atoms with E-state index in [1.807, 2.05) is 18.0 Å². The van der Waals surface area contributed by atoms with Crippen LogP contribution in [-0.4, -0.2) is 38.2 Å². The first-order valence-corrected chi connectivity index (χ1v) is 8.29. The number of hydrogen-bond acceptors (Lipinski definition) is 3. The SMILES string of the molecule is CC1CCCCN1C(=O)c1cc(C2CC2)nc2c1cnn2C. The van der Waals surface area contributed by atoms with Gasteiger partial charge in [0.1, 0.15) is 0 Å². The smallest absolute Gasteiger partial charge is 0.254 e. The number of fused-ring (bicyclic) bond motifs is 1. The van der Waals surface area contributed by atoms with E-state index in [4.69, 9.17) is 4.98 Å². The molecule has 1 unspecified atom stereocenters. The zero-order valence-corrected chi connectivity index (χ0v) is 13.2. The molecule has 1 amide bonds. The van der Waals surface area contributed by atoms with Crippen LogP contribution in [0.5, 0.6) is 0 Å². The van der Waals surface area contributed by atoms with Crippen LogP contribution < -0.4 is 0 Å². The largest absolute Gasteiger partial charge is 0.336 e. The van der Waals surface area contributed by atoms with E-state index >= 15 is 0 Å². The van der Waals surface area contributed by atoms with E-state index in [0.29, 0.717) is 12.0 Å². The lowest BCUT2D eigenvalue weighted by atomic mass is 10.0. The fraction of sp³-hybridized carbons (Fsp3) is 0.588. The highest BCUT2D eigenvalue weighted by atomic mass is 16.2. The lowest BCUT2D eigenvalue weighted by molar-refractivity contribution is 0.0637. The minimum atomic E-state index is 0.148. The van der Waals surface area contributed by atoms with Gasteiger partial charge in [0.2, 0.25) is 0 Å². The van der Waals surface area contributed by atoms with Gasteiger partial charge in [0.15, 0.2) is 5.65 Å². The van der Waals surface area contributed by atoms with E-state index in [9.17, 15) is 4.79 Å². The highest BCUT2D eigenvalue weighted by Crippen LogP contribution is 2.40. The van der Waals surface area contributed by atoms with Crippen LogP contribution in [0.25, 0.3) is 11.0 Å². The zero-order chi connectivity index (χ0) is 15.3. The third kappa shape index (κ3) is 2.19. The highest BCUT2D eigenvalue weighted by molar-refractivity contribution is 6.05. The Balaban J connectivity index is 1.80. The van der Waals surface area contributed by atoms with Gasteiger partial charge in [-0.25, -0.2) is 4.98 Å². The van der Waals surface area contributed by atoms with Crippen LogP contribution in [-0.2, 0) is 7.05 Å². The first-order chi connectivity index (χ1) is 10.6. The molecule has 22 heavy (non-hydrogen) atoms. The Morgan fingerprint density at radius 3 is 2.82 bits per heavy atom. The molecule has 2 aromatic heterocycles. The number of hydrogen-bond donors (Lipinski definition) is 0. The molecule has 1 saturated carbocycles. The first-order valence-electron chi connectivity index (χ1n) is 8.29. The summed E-state index contributed by atoms with van der Waals surface area (Å²) in [4.78, 5) is 19.9. The maximum absolute atomic E-state index is 13.1. The van der Waals surface area contributed by atoms with E-state index in [2.05, 4.69) is 12.0 Å². The Morgan fingerprint density at radius 2 is 2.09 bits per heavy atom. The van der Waals surface area contributed by atoms with E-state index < -0.39 is 0 Å². The van der Waals surface area contributed by atoms with E-state index in [-0.39, 0.29) is 5.91 Å². The number of aryl methyl sites for hydroxylation is 1. The van der Waals surface area contributed by atoms with Gasteiger partial charge >= 0.3 is 0 Å². The van der Waals surface area contributed by atoms with E-state index in [1.165, 1.54) is 19.3 Å². The van der Waals surface area contributed by atoms with Crippen molar-refractivity contribution in [1.82, 2.24) is 19.7 Å². The Hall–Kier alpha value is -1.91. The molecule has 3 heterocycles. The molecule has 4 rings (SSSR count). The van der Waals surface area contributed by atoms with Gasteiger partial charge in [-0.15, -0.1) is 0 Å². The molecule has 1 saturated heterocycles. The third-order valence-corrected chi connectivity index (χ3v) is 5.01. The number of likely N-dealkylation sites (tertiary alicyclic amines) is 1. The van der Waals surface area contributed by atoms with Crippen molar-refractivity contribution in [3.63, 3.8) is 0 Å². The van der Waals surface area contributed by atoms with Gasteiger partial charge in [-0.2, -0.15) is 5.10 Å². The number of carbonyl (C=O) groups excluding carboxylic acids is 1. The van der Waals surface area contributed by atoms with Gasteiger partial charge in [0.25, 0.3) is 5.91 Å². The predicted molar refractivity (Wildman–Crippen MR) is 84.8 cm³/mol. The van der Waals surface area contributed by atoms with E-state index in [1.54, 1.807) is 10.9 Å². The zero-order valence-electron chi connectivity index (χ0n) is 13.2. The second-order valence-electron chi connectivity index (χ2n) is 6.72. The van der Waals surface area contributed by atoms with Crippen LogP contribution in [0.15, 0.2) is 12.3 Å². The lowest BCUT2D eigenvalue weighted by Crippen LogP contribution is -2.42. The average molecular weight is 298 g/mol. The standard InChI is InChI=1S/C17H22N4O/c1-11-5-3-4-8-21(11)17(22)13-9-15(12-6-7-12)19-16-14(13)10-18-20(16)2/h9-12H,3-8H2,1-2H3. The monoisotopic (exact) mass is 298 g/mol. The molecule has 0 bridgehead atoms. The number of amides is 1. The van der Waals surface area contributed by atoms with Crippen molar-refractivity contribution in [1.29, 1.82) is 0 Å². The molecule has 2 aliphatic rings. The average Bonchev–Trinajstić information content (AvgIpc) is 3.31. The third-order valence-electron chi connectivity index (χ3n) is 5.01. The van der Waals surface area contributed by atoms with Crippen molar-refractivity contribution in [3.05, 3.63) is 23.5 Å². The Morgan fingerprint density at radius 1 is 1.27 bits per heavy atom. The Labute approximate surface area is 130 Å². The summed E-state index contributed by atoms with van der Waals surface area (Å²) in [5.74, 6) is 0.680. The number of carbonyl (C=O) groups is 1. The first kappa shape index (κ1) is 13.7. The number of piperidine rings is 1. The highest BCUT2D eigenvalue weighted by Gasteiger charge is 2.30. The molecule has 0 N–H and O–H groups in total. The lowest BCUT2D eigenvalue weighted by Gasteiger charge is -2.33. The fourth-order valence-electron chi connectivity index (χ4n) is 3.45.